The van der Waals surface area contributed by atoms with Crippen LogP contribution in [-0.4, -0.2) is 47.0 Å². The van der Waals surface area contributed by atoms with Crippen LogP contribution in [0.4, 0.5) is 0 Å². The number of rotatable bonds is 4. The summed E-state index contributed by atoms with van der Waals surface area (Å²) in [6.45, 7) is 4.42. The van der Waals surface area contributed by atoms with Crippen LogP contribution in [0.15, 0.2) is 72.4 Å². The van der Waals surface area contributed by atoms with Crippen LogP contribution < -0.4 is 4.90 Å². The van der Waals surface area contributed by atoms with Crippen LogP contribution in [0.2, 0.25) is 0 Å². The molecule has 1 aromatic carbocycles. The summed E-state index contributed by atoms with van der Waals surface area (Å²) in [5.41, 5.74) is 3.78. The Morgan fingerprint density at radius 3 is 2.60 bits per heavy atom. The van der Waals surface area contributed by atoms with E-state index in [1.807, 2.05) is 59.1 Å². The molecule has 1 amide bonds. The van der Waals surface area contributed by atoms with Gasteiger partial charge in [0.05, 0.1) is 47.8 Å². The zero-order chi connectivity index (χ0) is 20.3. The van der Waals surface area contributed by atoms with E-state index in [1.54, 1.807) is 11.3 Å². The predicted octanol–water partition coefficient (Wildman–Crippen LogP) is 2.90. The second kappa shape index (κ2) is 8.34. The molecule has 4 heterocycles. The Hall–Kier alpha value is -3.09. The van der Waals surface area contributed by atoms with E-state index in [4.69, 9.17) is 4.98 Å². The van der Waals surface area contributed by atoms with E-state index < -0.39 is 0 Å². The Morgan fingerprint density at radius 2 is 1.83 bits per heavy atom. The number of aromatic nitrogens is 2. The molecule has 1 aliphatic heterocycles. The zero-order valence-electron chi connectivity index (χ0n) is 16.6. The summed E-state index contributed by atoms with van der Waals surface area (Å²) >= 11 is 1.65. The molecule has 0 saturated carbocycles. The molecule has 3 aromatic heterocycles. The van der Waals surface area contributed by atoms with E-state index in [9.17, 15) is 4.79 Å². The number of pyridine rings is 2. The molecule has 1 aliphatic rings. The molecular formula is C24H23N4OS+. The van der Waals surface area contributed by atoms with Gasteiger partial charge in [-0.2, -0.15) is 0 Å². The third kappa shape index (κ3) is 3.84. The molecule has 5 nitrogen and oxygen atoms in total. The number of carbonyl (C=O) groups excluding carboxylic acids is 1. The highest BCUT2D eigenvalue weighted by molar-refractivity contribution is 7.13. The number of nitrogens with one attached hydrogen (secondary N) is 1. The van der Waals surface area contributed by atoms with Crippen LogP contribution in [-0.2, 0) is 6.54 Å². The van der Waals surface area contributed by atoms with E-state index in [-0.39, 0.29) is 5.91 Å². The van der Waals surface area contributed by atoms with Crippen LogP contribution in [0.25, 0.3) is 21.5 Å². The number of quaternary nitrogens is 1. The number of carbonyl (C=O) groups is 1. The van der Waals surface area contributed by atoms with Gasteiger partial charge < -0.3 is 9.80 Å². The van der Waals surface area contributed by atoms with Gasteiger partial charge in [-0.3, -0.25) is 9.78 Å². The number of nitrogens with zero attached hydrogens (tertiary/aromatic N) is 3. The van der Waals surface area contributed by atoms with Crippen molar-refractivity contribution in [3.05, 3.63) is 83.5 Å². The normalized spacial score (nSPS) is 14.9. The first-order valence-electron chi connectivity index (χ1n) is 10.2. The van der Waals surface area contributed by atoms with Gasteiger partial charge in [0.2, 0.25) is 0 Å². The average Bonchev–Trinajstić information content (AvgIpc) is 3.34. The lowest BCUT2D eigenvalue weighted by Gasteiger charge is -2.32. The van der Waals surface area contributed by atoms with Crippen molar-refractivity contribution < 1.29 is 9.69 Å². The smallest absolute Gasteiger partial charge is 0.255 e. The first-order valence-corrected chi connectivity index (χ1v) is 11.1. The molecule has 150 valence electrons. The fourth-order valence-electron chi connectivity index (χ4n) is 4.07. The fourth-order valence-corrected chi connectivity index (χ4v) is 4.75. The van der Waals surface area contributed by atoms with Crippen LogP contribution in [0.5, 0.6) is 0 Å². The summed E-state index contributed by atoms with van der Waals surface area (Å²) < 4.78 is 0. The highest BCUT2D eigenvalue weighted by Crippen LogP contribution is 2.28. The van der Waals surface area contributed by atoms with Gasteiger partial charge in [-0.05, 0) is 35.7 Å². The van der Waals surface area contributed by atoms with Crippen molar-refractivity contribution >= 4 is 28.1 Å². The number of hydrogen-bond donors (Lipinski definition) is 1. The molecule has 5 rings (SSSR count). The molecule has 4 aromatic rings. The second-order valence-corrected chi connectivity index (χ2v) is 8.57. The van der Waals surface area contributed by atoms with E-state index in [1.165, 1.54) is 10.5 Å². The Kier molecular flexibility index (Phi) is 5.26. The number of fused-ring (bicyclic) bond motifs is 1. The molecular weight excluding hydrogens is 392 g/mol. The minimum absolute atomic E-state index is 0.106. The third-order valence-electron chi connectivity index (χ3n) is 5.68. The first-order chi connectivity index (χ1) is 14.8. The van der Waals surface area contributed by atoms with Crippen molar-refractivity contribution in [1.29, 1.82) is 0 Å². The number of piperazine rings is 1. The molecule has 0 atom stereocenters. The fraction of sp³-hybridized carbons (Fsp3) is 0.208. The largest absolute Gasteiger partial charge is 0.328 e. The van der Waals surface area contributed by atoms with Crippen LogP contribution in [0.1, 0.15) is 15.9 Å². The maximum atomic E-state index is 13.5. The maximum absolute atomic E-state index is 13.5. The number of para-hydroxylation sites is 1. The van der Waals surface area contributed by atoms with E-state index in [0.717, 1.165) is 59.8 Å². The van der Waals surface area contributed by atoms with Crippen LogP contribution in [0, 0.1) is 0 Å². The molecule has 0 aliphatic carbocycles. The zero-order valence-corrected chi connectivity index (χ0v) is 17.4. The van der Waals surface area contributed by atoms with Gasteiger partial charge in [0.15, 0.2) is 0 Å². The van der Waals surface area contributed by atoms with Crippen LogP contribution in [0.3, 0.4) is 0 Å². The molecule has 0 radical (unpaired) electrons. The minimum atomic E-state index is 0.106. The SMILES string of the molecule is O=C(c1cc(-c2cccs2)nc2ccccc12)N1CC[NH+](Cc2ccncc2)CC1. The molecule has 6 heteroatoms. The highest BCUT2D eigenvalue weighted by Gasteiger charge is 2.26. The number of benzene rings is 1. The summed E-state index contributed by atoms with van der Waals surface area (Å²) in [5.74, 6) is 0.106. The number of hydrogen-bond acceptors (Lipinski definition) is 4. The van der Waals surface area contributed by atoms with E-state index in [2.05, 4.69) is 23.2 Å². The predicted molar refractivity (Wildman–Crippen MR) is 120 cm³/mol. The third-order valence-corrected chi connectivity index (χ3v) is 6.57. The van der Waals surface area contributed by atoms with Gasteiger partial charge in [-0.1, -0.05) is 24.3 Å². The summed E-state index contributed by atoms with van der Waals surface area (Å²) in [7, 11) is 0. The monoisotopic (exact) mass is 415 g/mol. The van der Waals surface area contributed by atoms with Crippen LogP contribution >= 0.6 is 11.3 Å². The summed E-state index contributed by atoms with van der Waals surface area (Å²) in [4.78, 5) is 27.0. The van der Waals surface area contributed by atoms with Crippen molar-refractivity contribution in [3.63, 3.8) is 0 Å². The standard InChI is InChI=1S/C24H22N4OS/c29-24(28-13-11-27(12-14-28)17-18-7-9-25-10-8-18)20-16-22(23-6-3-15-30-23)26-21-5-2-1-4-19(20)21/h1-10,15-16H,11-14,17H2/p+1. The lowest BCUT2D eigenvalue weighted by molar-refractivity contribution is -0.917. The number of thiophene rings is 1. The van der Waals surface area contributed by atoms with Crippen molar-refractivity contribution in [1.82, 2.24) is 14.9 Å². The van der Waals surface area contributed by atoms with Gasteiger partial charge in [0, 0.05) is 23.3 Å². The lowest BCUT2D eigenvalue weighted by Crippen LogP contribution is -3.13. The molecule has 1 N–H and O–H groups in total. The second-order valence-electron chi connectivity index (χ2n) is 7.62. The molecule has 1 fully saturated rings. The van der Waals surface area contributed by atoms with Crippen molar-refractivity contribution in [2.45, 2.75) is 6.54 Å². The van der Waals surface area contributed by atoms with Gasteiger partial charge in [0.25, 0.3) is 5.91 Å². The average molecular weight is 416 g/mol. The Morgan fingerprint density at radius 1 is 1.03 bits per heavy atom. The van der Waals surface area contributed by atoms with E-state index >= 15 is 0 Å². The summed E-state index contributed by atoms with van der Waals surface area (Å²) in [6.07, 6.45) is 3.68. The summed E-state index contributed by atoms with van der Waals surface area (Å²) in [6, 6.07) is 18.1. The van der Waals surface area contributed by atoms with Crippen molar-refractivity contribution in [2.24, 2.45) is 0 Å². The Bertz CT molecular complexity index is 1150. The van der Waals surface area contributed by atoms with E-state index in [0.29, 0.717) is 0 Å². The molecule has 0 unspecified atom stereocenters. The van der Waals surface area contributed by atoms with Gasteiger partial charge in [-0.25, -0.2) is 4.98 Å². The molecule has 0 bridgehead atoms. The van der Waals surface area contributed by atoms with Crippen molar-refractivity contribution in [2.75, 3.05) is 26.2 Å². The topological polar surface area (TPSA) is 50.5 Å². The Balaban J connectivity index is 1.37. The number of amides is 1. The minimum Gasteiger partial charge on any atom is -0.328 e. The molecule has 0 spiro atoms. The lowest BCUT2D eigenvalue weighted by atomic mass is 10.1. The molecule has 1 saturated heterocycles. The first kappa shape index (κ1) is 18.9. The molecule has 30 heavy (non-hydrogen) atoms. The van der Waals surface area contributed by atoms with Crippen molar-refractivity contribution in [3.8, 4) is 10.6 Å². The highest BCUT2D eigenvalue weighted by atomic mass is 32.1. The maximum Gasteiger partial charge on any atom is 0.255 e. The quantitative estimate of drug-likeness (QED) is 0.558. The summed E-state index contributed by atoms with van der Waals surface area (Å²) in [5, 5.41) is 2.97. The Labute approximate surface area is 179 Å². The van der Waals surface area contributed by atoms with Gasteiger partial charge in [0.1, 0.15) is 6.54 Å². The van der Waals surface area contributed by atoms with Gasteiger partial charge >= 0.3 is 0 Å². The van der Waals surface area contributed by atoms with Gasteiger partial charge in [-0.15, -0.1) is 11.3 Å².